The quantitative estimate of drug-likeness (QED) is 0.850. The molecule has 6 nitrogen and oxygen atoms in total. The molecule has 1 fully saturated rings. The van der Waals surface area contributed by atoms with Crippen LogP contribution in [0.4, 0.5) is 0 Å². The Bertz CT molecular complexity index is 654. The minimum absolute atomic E-state index is 0. The molecule has 2 rings (SSSR count). The van der Waals surface area contributed by atoms with E-state index in [0.29, 0.717) is 18.7 Å². The van der Waals surface area contributed by atoms with Gasteiger partial charge in [-0.2, -0.15) is 0 Å². The number of halogens is 1. The largest absolute Gasteiger partial charge is 0.337 e. The fourth-order valence-corrected chi connectivity index (χ4v) is 3.81. The van der Waals surface area contributed by atoms with Crippen LogP contribution in [0.2, 0.25) is 0 Å². The number of nitrogens with zero attached hydrogens (tertiary/aromatic N) is 1. The van der Waals surface area contributed by atoms with Crippen molar-refractivity contribution < 1.29 is 13.2 Å². The molecule has 23 heavy (non-hydrogen) atoms. The van der Waals surface area contributed by atoms with E-state index >= 15 is 0 Å². The second-order valence-electron chi connectivity index (χ2n) is 6.68. The third-order valence-electron chi connectivity index (χ3n) is 3.36. The van der Waals surface area contributed by atoms with E-state index in [2.05, 4.69) is 4.72 Å². The number of rotatable bonds is 3. The highest BCUT2D eigenvalue weighted by Crippen LogP contribution is 2.16. The van der Waals surface area contributed by atoms with Gasteiger partial charge in [0, 0.05) is 30.2 Å². The smallest absolute Gasteiger partial charge is 0.253 e. The Balaban J connectivity index is 0.00000264. The van der Waals surface area contributed by atoms with Crippen LogP contribution in [0.3, 0.4) is 0 Å². The summed E-state index contributed by atoms with van der Waals surface area (Å²) in [6, 6.07) is 6.03. The molecule has 0 spiro atoms. The second-order valence-corrected chi connectivity index (χ2v) is 8.36. The van der Waals surface area contributed by atoms with E-state index in [0.717, 1.165) is 6.42 Å². The van der Waals surface area contributed by atoms with Gasteiger partial charge in [-0.25, -0.2) is 13.1 Å². The Morgan fingerprint density at radius 1 is 1.26 bits per heavy atom. The average molecular weight is 362 g/mol. The highest BCUT2D eigenvalue weighted by molar-refractivity contribution is 7.89. The van der Waals surface area contributed by atoms with Gasteiger partial charge in [0.1, 0.15) is 0 Å². The molecule has 0 bridgehead atoms. The number of carbonyl (C=O) groups excluding carboxylic acids is 1. The molecule has 1 amide bonds. The lowest BCUT2D eigenvalue weighted by Gasteiger charge is -2.20. The van der Waals surface area contributed by atoms with Crippen molar-refractivity contribution in [3.05, 3.63) is 29.8 Å². The Kier molecular flexibility index (Phi) is 6.20. The van der Waals surface area contributed by atoms with Crippen molar-refractivity contribution in [1.82, 2.24) is 9.62 Å². The number of benzene rings is 1. The van der Waals surface area contributed by atoms with Crippen LogP contribution in [-0.4, -0.2) is 43.9 Å². The predicted molar refractivity (Wildman–Crippen MR) is 92.3 cm³/mol. The molecule has 3 N–H and O–H groups in total. The molecule has 130 valence electrons. The van der Waals surface area contributed by atoms with Crippen LogP contribution < -0.4 is 10.5 Å². The summed E-state index contributed by atoms with van der Waals surface area (Å²) in [5.74, 6) is -0.110. The highest BCUT2D eigenvalue weighted by atomic mass is 35.5. The number of nitrogens with two attached hydrogens (primary N) is 1. The van der Waals surface area contributed by atoms with Crippen molar-refractivity contribution in [2.24, 2.45) is 5.73 Å². The SMILES string of the molecule is CC(C)(C)NS(=O)(=O)c1ccc(C(=O)N2CC[C@@H](N)C2)cc1.Cl. The molecule has 0 radical (unpaired) electrons. The number of amides is 1. The summed E-state index contributed by atoms with van der Waals surface area (Å²) in [4.78, 5) is 14.1. The molecule has 1 aliphatic rings. The standard InChI is InChI=1S/C15H23N3O3S.ClH/c1-15(2,3)17-22(20,21)13-6-4-11(5-7-13)14(19)18-9-8-12(16)10-18;/h4-7,12,17H,8-10,16H2,1-3H3;1H/t12-;/m1./s1. The topological polar surface area (TPSA) is 92.5 Å². The molecular weight excluding hydrogens is 338 g/mol. The molecule has 1 atom stereocenters. The van der Waals surface area contributed by atoms with Gasteiger partial charge in [0.25, 0.3) is 5.91 Å². The van der Waals surface area contributed by atoms with E-state index in [9.17, 15) is 13.2 Å². The maximum atomic E-state index is 12.3. The third-order valence-corrected chi connectivity index (χ3v) is 5.14. The van der Waals surface area contributed by atoms with Gasteiger partial charge in [0.2, 0.25) is 10.0 Å². The van der Waals surface area contributed by atoms with E-state index in [-0.39, 0.29) is 29.3 Å². The van der Waals surface area contributed by atoms with E-state index in [4.69, 9.17) is 5.73 Å². The van der Waals surface area contributed by atoms with Gasteiger partial charge in [0.05, 0.1) is 4.90 Å². The van der Waals surface area contributed by atoms with Crippen LogP contribution >= 0.6 is 12.4 Å². The van der Waals surface area contributed by atoms with Gasteiger partial charge < -0.3 is 10.6 Å². The van der Waals surface area contributed by atoms with Gasteiger partial charge in [-0.1, -0.05) is 0 Å². The maximum absolute atomic E-state index is 12.3. The van der Waals surface area contributed by atoms with Crippen LogP contribution in [0.25, 0.3) is 0 Å². The number of sulfonamides is 1. The molecule has 1 aromatic rings. The Labute approximate surface area is 143 Å². The van der Waals surface area contributed by atoms with E-state index in [1.807, 2.05) is 0 Å². The monoisotopic (exact) mass is 361 g/mol. The second kappa shape index (κ2) is 7.17. The summed E-state index contributed by atoms with van der Waals surface area (Å²) >= 11 is 0. The number of carbonyl (C=O) groups is 1. The number of nitrogens with one attached hydrogen (secondary N) is 1. The van der Waals surface area contributed by atoms with Crippen LogP contribution in [0.5, 0.6) is 0 Å². The zero-order valence-electron chi connectivity index (χ0n) is 13.6. The summed E-state index contributed by atoms with van der Waals surface area (Å²) in [6.07, 6.45) is 0.799. The zero-order valence-corrected chi connectivity index (χ0v) is 15.2. The summed E-state index contributed by atoms with van der Waals surface area (Å²) in [7, 11) is -3.58. The van der Waals surface area contributed by atoms with Crippen LogP contribution in [-0.2, 0) is 10.0 Å². The first kappa shape index (κ1) is 19.9. The Hall–Kier alpha value is -1.15. The van der Waals surface area contributed by atoms with Gasteiger partial charge in [-0.3, -0.25) is 4.79 Å². The first-order chi connectivity index (χ1) is 10.1. The molecule has 0 aromatic heterocycles. The third kappa shape index (κ3) is 5.17. The zero-order chi connectivity index (χ0) is 16.5. The molecule has 8 heteroatoms. The highest BCUT2D eigenvalue weighted by Gasteiger charge is 2.25. The molecule has 1 aliphatic heterocycles. The summed E-state index contributed by atoms with van der Waals surface area (Å²) in [5.41, 5.74) is 5.72. The van der Waals surface area contributed by atoms with E-state index < -0.39 is 15.6 Å². The number of hydrogen-bond acceptors (Lipinski definition) is 4. The summed E-state index contributed by atoms with van der Waals surface area (Å²) in [6.45, 7) is 6.52. The molecule has 0 unspecified atom stereocenters. The van der Waals surface area contributed by atoms with Gasteiger partial charge in [-0.05, 0) is 51.5 Å². The lowest BCUT2D eigenvalue weighted by Crippen LogP contribution is -2.40. The molecule has 1 heterocycles. The number of hydrogen-bond donors (Lipinski definition) is 2. The minimum atomic E-state index is -3.58. The predicted octanol–water partition coefficient (Wildman–Crippen LogP) is 1.36. The fourth-order valence-electron chi connectivity index (χ4n) is 2.39. The number of likely N-dealkylation sites (tertiary alicyclic amines) is 1. The minimum Gasteiger partial charge on any atom is -0.337 e. The van der Waals surface area contributed by atoms with E-state index in [1.54, 1.807) is 37.8 Å². The van der Waals surface area contributed by atoms with Gasteiger partial charge >= 0.3 is 0 Å². The van der Waals surface area contributed by atoms with Crippen molar-refractivity contribution in [1.29, 1.82) is 0 Å². The van der Waals surface area contributed by atoms with Crippen LogP contribution in [0, 0.1) is 0 Å². The van der Waals surface area contributed by atoms with Crippen molar-refractivity contribution in [2.45, 2.75) is 43.7 Å². The van der Waals surface area contributed by atoms with Crippen LogP contribution in [0.15, 0.2) is 29.2 Å². The summed E-state index contributed by atoms with van der Waals surface area (Å²) in [5, 5.41) is 0. The summed E-state index contributed by atoms with van der Waals surface area (Å²) < 4.78 is 27.0. The fraction of sp³-hybridized carbons (Fsp3) is 0.533. The van der Waals surface area contributed by atoms with Gasteiger partial charge in [-0.15, -0.1) is 12.4 Å². The molecule has 1 aromatic carbocycles. The van der Waals surface area contributed by atoms with E-state index in [1.165, 1.54) is 12.1 Å². The molecule has 0 aliphatic carbocycles. The lowest BCUT2D eigenvalue weighted by atomic mass is 10.1. The lowest BCUT2D eigenvalue weighted by molar-refractivity contribution is 0.0790. The van der Waals surface area contributed by atoms with Crippen molar-refractivity contribution in [3.63, 3.8) is 0 Å². The first-order valence-corrected chi connectivity index (χ1v) is 8.76. The van der Waals surface area contributed by atoms with Crippen molar-refractivity contribution in [2.75, 3.05) is 13.1 Å². The maximum Gasteiger partial charge on any atom is 0.253 e. The molecular formula is C15H24ClN3O3S. The Morgan fingerprint density at radius 3 is 2.26 bits per heavy atom. The van der Waals surface area contributed by atoms with Gasteiger partial charge in [0.15, 0.2) is 0 Å². The molecule has 1 saturated heterocycles. The van der Waals surface area contributed by atoms with Crippen LogP contribution in [0.1, 0.15) is 37.6 Å². The Morgan fingerprint density at radius 2 is 1.83 bits per heavy atom. The average Bonchev–Trinajstić information content (AvgIpc) is 2.82. The normalized spacial score (nSPS) is 18.6. The molecule has 0 saturated carbocycles. The van der Waals surface area contributed by atoms with Crippen molar-refractivity contribution >= 4 is 28.3 Å². The van der Waals surface area contributed by atoms with Crippen molar-refractivity contribution in [3.8, 4) is 0 Å². The first-order valence-electron chi connectivity index (χ1n) is 7.27.